The van der Waals surface area contributed by atoms with Crippen molar-refractivity contribution in [3.63, 3.8) is 0 Å². The third-order valence-corrected chi connectivity index (χ3v) is 7.07. The van der Waals surface area contributed by atoms with Crippen LogP contribution >= 0.6 is 0 Å². The Balaban J connectivity index is 1.67. The Morgan fingerprint density at radius 3 is 2.60 bits per heavy atom. The highest BCUT2D eigenvalue weighted by molar-refractivity contribution is 7.89. The molecule has 9 heteroatoms. The Labute approximate surface area is 175 Å². The minimum Gasteiger partial charge on any atom is -0.495 e. The van der Waals surface area contributed by atoms with Crippen LogP contribution in [0.5, 0.6) is 5.75 Å². The fraction of sp³-hybridized carbons (Fsp3) is 0.286. The number of nitrogens with one attached hydrogen (secondary N) is 1. The first-order chi connectivity index (χ1) is 14.4. The molecule has 0 unspecified atom stereocenters. The van der Waals surface area contributed by atoms with Crippen molar-refractivity contribution in [2.24, 2.45) is 7.05 Å². The van der Waals surface area contributed by atoms with Crippen LogP contribution in [0.15, 0.2) is 53.6 Å². The zero-order valence-corrected chi connectivity index (χ0v) is 17.6. The van der Waals surface area contributed by atoms with Crippen LogP contribution in [-0.4, -0.2) is 56.6 Å². The van der Waals surface area contributed by atoms with Gasteiger partial charge in [-0.3, -0.25) is 4.79 Å². The van der Waals surface area contributed by atoms with E-state index in [0.29, 0.717) is 24.5 Å². The van der Waals surface area contributed by atoms with E-state index in [0.717, 1.165) is 10.9 Å². The molecule has 2 heterocycles. The average Bonchev–Trinajstić information content (AvgIpc) is 3.11. The number of amides is 1. The number of para-hydroxylation sites is 1. The number of hydrogen-bond donors (Lipinski definition) is 1. The third-order valence-electron chi connectivity index (χ3n) is 5.15. The Morgan fingerprint density at radius 1 is 1.13 bits per heavy atom. The molecule has 2 aromatic carbocycles. The summed E-state index contributed by atoms with van der Waals surface area (Å²) in [4.78, 5) is 12.9. The number of carbonyl (C=O) groups is 1. The molecule has 0 atom stereocenters. The van der Waals surface area contributed by atoms with E-state index >= 15 is 0 Å². The molecule has 0 bridgehead atoms. The predicted molar refractivity (Wildman–Crippen MR) is 113 cm³/mol. The molecule has 1 N–H and O–H groups in total. The summed E-state index contributed by atoms with van der Waals surface area (Å²) in [5, 5.41) is 3.64. The summed E-state index contributed by atoms with van der Waals surface area (Å²) < 4.78 is 40.0. The number of hydrogen-bond acceptors (Lipinski definition) is 5. The summed E-state index contributed by atoms with van der Waals surface area (Å²) in [6.45, 7) is 1.24. The van der Waals surface area contributed by atoms with Crippen molar-refractivity contribution in [1.29, 1.82) is 0 Å². The molecule has 30 heavy (non-hydrogen) atoms. The maximum absolute atomic E-state index is 13.1. The number of carbonyl (C=O) groups excluding carboxylic acids is 1. The third kappa shape index (κ3) is 3.67. The number of anilines is 1. The molecule has 0 saturated carbocycles. The molecule has 0 aliphatic carbocycles. The summed E-state index contributed by atoms with van der Waals surface area (Å²) in [5.74, 6) is -0.0867. The molecule has 4 rings (SSSR count). The van der Waals surface area contributed by atoms with E-state index in [2.05, 4.69) is 5.32 Å². The van der Waals surface area contributed by atoms with Crippen molar-refractivity contribution in [3.8, 4) is 5.75 Å². The van der Waals surface area contributed by atoms with Crippen LogP contribution in [0, 0.1) is 0 Å². The number of fused-ring (bicyclic) bond motifs is 1. The quantitative estimate of drug-likeness (QED) is 0.673. The van der Waals surface area contributed by atoms with Crippen LogP contribution in [0.2, 0.25) is 0 Å². The fourth-order valence-corrected chi connectivity index (χ4v) is 5.19. The highest BCUT2D eigenvalue weighted by Crippen LogP contribution is 2.31. The first kappa shape index (κ1) is 20.4. The van der Waals surface area contributed by atoms with Crippen molar-refractivity contribution >= 4 is 32.5 Å². The van der Waals surface area contributed by atoms with Gasteiger partial charge in [0.2, 0.25) is 10.0 Å². The molecular formula is C21H23N3O5S. The molecule has 1 saturated heterocycles. The molecule has 1 fully saturated rings. The number of methoxy groups -OCH3 is 1. The second kappa shape index (κ2) is 8.10. The van der Waals surface area contributed by atoms with Crippen LogP contribution in [0.25, 0.3) is 10.9 Å². The number of morpholine rings is 1. The maximum atomic E-state index is 13.1. The van der Waals surface area contributed by atoms with Crippen LogP contribution < -0.4 is 10.1 Å². The Hall–Kier alpha value is -2.88. The lowest BCUT2D eigenvalue weighted by Gasteiger charge is -2.26. The number of ether oxygens (including phenoxy) is 2. The fourth-order valence-electron chi connectivity index (χ4n) is 3.60. The highest BCUT2D eigenvalue weighted by Gasteiger charge is 2.29. The molecule has 0 radical (unpaired) electrons. The molecular weight excluding hydrogens is 406 g/mol. The van der Waals surface area contributed by atoms with E-state index in [1.807, 2.05) is 35.9 Å². The second-order valence-electron chi connectivity index (χ2n) is 7.01. The highest BCUT2D eigenvalue weighted by atomic mass is 32.2. The summed E-state index contributed by atoms with van der Waals surface area (Å²) in [7, 11) is -0.492. The summed E-state index contributed by atoms with van der Waals surface area (Å²) in [6, 6.07) is 12.2. The number of sulfonamides is 1. The lowest BCUT2D eigenvalue weighted by Crippen LogP contribution is -2.40. The maximum Gasteiger partial charge on any atom is 0.257 e. The zero-order valence-electron chi connectivity index (χ0n) is 16.8. The van der Waals surface area contributed by atoms with Crippen molar-refractivity contribution in [3.05, 3.63) is 54.2 Å². The largest absolute Gasteiger partial charge is 0.495 e. The van der Waals surface area contributed by atoms with Crippen molar-refractivity contribution in [1.82, 2.24) is 8.87 Å². The molecule has 1 aromatic heterocycles. The number of benzene rings is 2. The first-order valence-electron chi connectivity index (χ1n) is 9.53. The van der Waals surface area contributed by atoms with Crippen LogP contribution in [0.3, 0.4) is 0 Å². The van der Waals surface area contributed by atoms with Gasteiger partial charge in [0.05, 0.1) is 25.9 Å². The van der Waals surface area contributed by atoms with Crippen LogP contribution in [-0.2, 0) is 21.8 Å². The van der Waals surface area contributed by atoms with E-state index in [9.17, 15) is 13.2 Å². The number of nitrogens with zero attached hydrogens (tertiary/aromatic N) is 2. The van der Waals surface area contributed by atoms with Crippen molar-refractivity contribution < 1.29 is 22.7 Å². The van der Waals surface area contributed by atoms with Gasteiger partial charge in [-0.1, -0.05) is 18.2 Å². The molecule has 0 spiro atoms. The molecule has 158 valence electrons. The summed E-state index contributed by atoms with van der Waals surface area (Å²) >= 11 is 0. The minimum absolute atomic E-state index is 0.0163. The van der Waals surface area contributed by atoms with E-state index in [1.54, 1.807) is 18.3 Å². The van der Waals surface area contributed by atoms with Crippen molar-refractivity contribution in [2.45, 2.75) is 4.90 Å². The minimum atomic E-state index is -3.79. The number of rotatable bonds is 5. The molecule has 1 aliphatic heterocycles. The topological polar surface area (TPSA) is 89.9 Å². The molecule has 1 aliphatic rings. The molecule has 8 nitrogen and oxygen atoms in total. The van der Waals surface area contributed by atoms with Gasteiger partial charge in [0.1, 0.15) is 10.6 Å². The Kier molecular flexibility index (Phi) is 5.50. The normalized spacial score (nSPS) is 15.3. The van der Waals surface area contributed by atoms with E-state index < -0.39 is 10.0 Å². The SMILES string of the molecule is COc1ccc(NC(=O)c2cn(C)c3ccccc23)cc1S(=O)(=O)N1CCOCC1. The smallest absolute Gasteiger partial charge is 0.257 e. The lowest BCUT2D eigenvalue weighted by atomic mass is 10.1. The standard InChI is InChI=1S/C21H23N3O5S/c1-23-14-17(16-5-3-4-6-18(16)23)21(25)22-15-7-8-19(28-2)20(13-15)30(26,27)24-9-11-29-12-10-24/h3-8,13-14H,9-12H2,1-2H3,(H,22,25). The van der Waals surface area contributed by atoms with Gasteiger partial charge >= 0.3 is 0 Å². The van der Waals surface area contributed by atoms with Crippen molar-refractivity contribution in [2.75, 3.05) is 38.7 Å². The van der Waals surface area contributed by atoms with E-state index in [1.165, 1.54) is 17.5 Å². The second-order valence-corrected chi connectivity index (χ2v) is 8.91. The summed E-state index contributed by atoms with van der Waals surface area (Å²) in [5.41, 5.74) is 1.83. The molecule has 3 aromatic rings. The van der Waals surface area contributed by atoms with Gasteiger partial charge in [-0.15, -0.1) is 0 Å². The van der Waals surface area contributed by atoms with Gasteiger partial charge in [-0.05, 0) is 24.3 Å². The number of aromatic nitrogens is 1. The van der Waals surface area contributed by atoms with Crippen LogP contribution in [0.4, 0.5) is 5.69 Å². The monoisotopic (exact) mass is 429 g/mol. The zero-order chi connectivity index (χ0) is 21.3. The Bertz CT molecular complexity index is 1200. The van der Waals surface area contributed by atoms with Gasteiger partial charge in [-0.25, -0.2) is 8.42 Å². The van der Waals surface area contributed by atoms with E-state index in [4.69, 9.17) is 9.47 Å². The van der Waals surface area contributed by atoms with Gasteiger partial charge in [0.25, 0.3) is 5.91 Å². The van der Waals surface area contributed by atoms with Gasteiger partial charge < -0.3 is 19.4 Å². The van der Waals surface area contributed by atoms with Gasteiger partial charge in [-0.2, -0.15) is 4.31 Å². The average molecular weight is 429 g/mol. The lowest BCUT2D eigenvalue weighted by molar-refractivity contribution is 0.0729. The summed E-state index contributed by atoms with van der Waals surface area (Å²) in [6.07, 6.45) is 1.76. The van der Waals surface area contributed by atoms with E-state index in [-0.39, 0.29) is 29.6 Å². The first-order valence-corrected chi connectivity index (χ1v) is 11.0. The number of aryl methyl sites for hydroxylation is 1. The Morgan fingerprint density at radius 2 is 1.87 bits per heavy atom. The van der Waals surface area contributed by atoms with Gasteiger partial charge in [0, 0.05) is 42.9 Å². The molecule has 1 amide bonds. The van der Waals surface area contributed by atoms with Gasteiger partial charge in [0.15, 0.2) is 0 Å². The van der Waals surface area contributed by atoms with Crippen LogP contribution in [0.1, 0.15) is 10.4 Å². The predicted octanol–water partition coefficient (Wildman–Crippen LogP) is 2.46.